The number of hydrogen-bond acceptors (Lipinski definition) is 5. The van der Waals surface area contributed by atoms with Crippen molar-refractivity contribution in [1.29, 1.82) is 0 Å². The molecule has 1 aromatic carbocycles. The van der Waals surface area contributed by atoms with E-state index in [1.165, 1.54) is 4.90 Å². The molecule has 0 radical (unpaired) electrons. The minimum Gasteiger partial charge on any atom is -0.335 e. The number of piperazine rings is 1. The Hall–Kier alpha value is -1.96. The van der Waals surface area contributed by atoms with Crippen LogP contribution >= 0.6 is 11.6 Å². The molecule has 3 N–H and O–H groups in total. The number of nitrogens with one attached hydrogen (secondary N) is 3. The van der Waals surface area contributed by atoms with Crippen LogP contribution in [-0.2, 0) is 6.42 Å². The van der Waals surface area contributed by atoms with Crippen LogP contribution in [0.4, 0.5) is 5.95 Å². The SMILES string of the molecule is C[NH+]1CCN(Nc2nnc(Cc3ccc(Cl)cc3)c(=O)[nH]2)CC1. The van der Waals surface area contributed by atoms with Crippen LogP contribution in [0.2, 0.25) is 5.02 Å². The molecule has 0 unspecified atom stereocenters. The lowest BCUT2D eigenvalue weighted by atomic mass is 10.1. The first-order valence-electron chi connectivity index (χ1n) is 7.63. The molecule has 3 rings (SSSR count). The molecule has 1 aromatic heterocycles. The van der Waals surface area contributed by atoms with Crippen LogP contribution in [0.3, 0.4) is 0 Å². The number of rotatable bonds is 4. The highest BCUT2D eigenvalue weighted by Crippen LogP contribution is 2.11. The normalized spacial score (nSPS) is 16.4. The number of hydrazine groups is 1. The number of likely N-dealkylation sites (N-methyl/N-ethyl adjacent to an activating group) is 1. The van der Waals surface area contributed by atoms with Crippen LogP contribution in [0.15, 0.2) is 29.1 Å². The summed E-state index contributed by atoms with van der Waals surface area (Å²) in [5.41, 5.74) is 4.25. The Kier molecular flexibility index (Phi) is 4.90. The molecule has 1 saturated heterocycles. The van der Waals surface area contributed by atoms with Gasteiger partial charge in [0.1, 0.15) is 5.69 Å². The molecule has 2 heterocycles. The van der Waals surface area contributed by atoms with Crippen molar-refractivity contribution in [2.24, 2.45) is 0 Å². The second kappa shape index (κ2) is 7.08. The fraction of sp³-hybridized carbons (Fsp3) is 0.400. The lowest BCUT2D eigenvalue weighted by Crippen LogP contribution is -3.12. The van der Waals surface area contributed by atoms with Crippen molar-refractivity contribution in [2.75, 3.05) is 38.7 Å². The van der Waals surface area contributed by atoms with Gasteiger partial charge in [-0.3, -0.25) is 15.2 Å². The number of aromatic amines is 1. The Morgan fingerprint density at radius 1 is 1.26 bits per heavy atom. The van der Waals surface area contributed by atoms with E-state index in [9.17, 15) is 4.79 Å². The van der Waals surface area contributed by atoms with Gasteiger partial charge in [0, 0.05) is 11.4 Å². The molecule has 8 heteroatoms. The Labute approximate surface area is 139 Å². The molecular weight excluding hydrogens is 316 g/mol. The predicted octanol–water partition coefficient (Wildman–Crippen LogP) is -0.434. The van der Waals surface area contributed by atoms with Crippen LogP contribution in [0.1, 0.15) is 11.3 Å². The summed E-state index contributed by atoms with van der Waals surface area (Å²) >= 11 is 5.86. The van der Waals surface area contributed by atoms with Crippen molar-refractivity contribution in [3.05, 3.63) is 50.9 Å². The summed E-state index contributed by atoms with van der Waals surface area (Å²) < 4.78 is 0. The summed E-state index contributed by atoms with van der Waals surface area (Å²) in [6, 6.07) is 7.35. The number of nitrogens with zero attached hydrogens (tertiary/aromatic N) is 3. The molecule has 122 valence electrons. The summed E-state index contributed by atoms with van der Waals surface area (Å²) in [4.78, 5) is 16.4. The van der Waals surface area contributed by atoms with Gasteiger partial charge in [-0.15, -0.1) is 10.2 Å². The highest BCUT2D eigenvalue weighted by molar-refractivity contribution is 6.30. The Morgan fingerprint density at radius 3 is 2.61 bits per heavy atom. The predicted molar refractivity (Wildman–Crippen MR) is 88.7 cm³/mol. The summed E-state index contributed by atoms with van der Waals surface area (Å²) in [6.07, 6.45) is 0.428. The molecule has 1 aliphatic heterocycles. The molecule has 0 saturated carbocycles. The van der Waals surface area contributed by atoms with Crippen molar-refractivity contribution in [1.82, 2.24) is 20.2 Å². The van der Waals surface area contributed by atoms with Gasteiger partial charge < -0.3 is 4.90 Å². The molecule has 1 aliphatic rings. The number of aromatic nitrogens is 3. The van der Waals surface area contributed by atoms with Gasteiger partial charge in [0.15, 0.2) is 0 Å². The number of H-pyrrole nitrogens is 1. The molecule has 0 spiro atoms. The highest BCUT2D eigenvalue weighted by Gasteiger charge is 2.17. The van der Waals surface area contributed by atoms with Crippen molar-refractivity contribution in [3.8, 4) is 0 Å². The molecule has 0 bridgehead atoms. The second-order valence-electron chi connectivity index (χ2n) is 5.81. The number of hydrogen-bond donors (Lipinski definition) is 3. The third-order valence-electron chi connectivity index (χ3n) is 3.93. The van der Waals surface area contributed by atoms with Gasteiger partial charge in [-0.25, -0.2) is 5.01 Å². The summed E-state index contributed by atoms with van der Waals surface area (Å²) in [5.74, 6) is 0.384. The number of benzene rings is 1. The van der Waals surface area contributed by atoms with Crippen LogP contribution in [0, 0.1) is 0 Å². The van der Waals surface area contributed by atoms with E-state index in [-0.39, 0.29) is 5.56 Å². The Morgan fingerprint density at radius 2 is 1.96 bits per heavy atom. The van der Waals surface area contributed by atoms with Crippen LogP contribution in [-0.4, -0.2) is 53.4 Å². The first-order valence-corrected chi connectivity index (χ1v) is 8.01. The van der Waals surface area contributed by atoms with E-state index >= 15 is 0 Å². The molecule has 2 aromatic rings. The van der Waals surface area contributed by atoms with Crippen molar-refractivity contribution in [3.63, 3.8) is 0 Å². The maximum absolute atomic E-state index is 12.2. The zero-order chi connectivity index (χ0) is 16.2. The van der Waals surface area contributed by atoms with E-state index < -0.39 is 0 Å². The fourth-order valence-corrected chi connectivity index (χ4v) is 2.60. The summed E-state index contributed by atoms with van der Waals surface area (Å²) in [7, 11) is 2.17. The molecular formula is C15H20ClN6O+. The van der Waals surface area contributed by atoms with Crippen LogP contribution < -0.4 is 15.9 Å². The second-order valence-corrected chi connectivity index (χ2v) is 6.25. The summed E-state index contributed by atoms with van der Waals surface area (Å²) in [6.45, 7) is 3.92. The van der Waals surface area contributed by atoms with E-state index in [0.717, 1.165) is 31.7 Å². The Balaban J connectivity index is 1.66. The third kappa shape index (κ3) is 4.28. The number of halogens is 1. The average Bonchev–Trinajstić information content (AvgIpc) is 2.54. The highest BCUT2D eigenvalue weighted by atomic mass is 35.5. The maximum atomic E-state index is 12.2. The van der Waals surface area contributed by atoms with Crippen molar-refractivity contribution >= 4 is 17.5 Å². The quantitative estimate of drug-likeness (QED) is 0.706. The maximum Gasteiger partial charge on any atom is 0.274 e. The van der Waals surface area contributed by atoms with E-state index in [0.29, 0.717) is 23.1 Å². The van der Waals surface area contributed by atoms with E-state index in [2.05, 4.69) is 27.7 Å². The lowest BCUT2D eigenvalue weighted by Gasteiger charge is -2.29. The topological polar surface area (TPSA) is 78.3 Å². The van der Waals surface area contributed by atoms with E-state index in [1.807, 2.05) is 17.1 Å². The zero-order valence-corrected chi connectivity index (χ0v) is 13.7. The van der Waals surface area contributed by atoms with Gasteiger partial charge in [-0.1, -0.05) is 23.7 Å². The number of quaternary nitrogens is 1. The van der Waals surface area contributed by atoms with Crippen LogP contribution in [0.5, 0.6) is 0 Å². The van der Waals surface area contributed by atoms with Gasteiger partial charge in [-0.05, 0) is 17.7 Å². The molecule has 0 aliphatic carbocycles. The Bertz CT molecular complexity index is 709. The smallest absolute Gasteiger partial charge is 0.274 e. The lowest BCUT2D eigenvalue weighted by molar-refractivity contribution is -0.884. The van der Waals surface area contributed by atoms with Crippen molar-refractivity contribution < 1.29 is 4.90 Å². The van der Waals surface area contributed by atoms with Gasteiger partial charge in [-0.2, -0.15) is 0 Å². The third-order valence-corrected chi connectivity index (χ3v) is 4.18. The minimum atomic E-state index is -0.225. The largest absolute Gasteiger partial charge is 0.335 e. The van der Waals surface area contributed by atoms with E-state index in [1.54, 1.807) is 12.1 Å². The molecule has 1 fully saturated rings. The molecule has 23 heavy (non-hydrogen) atoms. The van der Waals surface area contributed by atoms with Gasteiger partial charge in [0.05, 0.1) is 33.2 Å². The van der Waals surface area contributed by atoms with Crippen molar-refractivity contribution in [2.45, 2.75) is 6.42 Å². The van der Waals surface area contributed by atoms with Crippen LogP contribution in [0.25, 0.3) is 0 Å². The first-order chi connectivity index (χ1) is 11.1. The first kappa shape index (κ1) is 15.9. The zero-order valence-electron chi connectivity index (χ0n) is 13.0. The molecule has 0 atom stereocenters. The monoisotopic (exact) mass is 335 g/mol. The minimum absolute atomic E-state index is 0.225. The summed E-state index contributed by atoms with van der Waals surface area (Å²) in [5, 5.41) is 10.8. The molecule has 7 nitrogen and oxygen atoms in total. The van der Waals surface area contributed by atoms with Gasteiger partial charge in [0.2, 0.25) is 5.95 Å². The average molecular weight is 336 g/mol. The standard InChI is InChI=1S/C15H19ClN6O/c1-21-6-8-22(9-7-21)20-15-17-14(23)13(18-19-15)10-11-2-4-12(16)5-3-11/h2-5H,6-10H2,1H3,(H2,17,19,20,23)/p+1. The number of anilines is 1. The fourth-order valence-electron chi connectivity index (χ4n) is 2.47. The van der Waals surface area contributed by atoms with E-state index in [4.69, 9.17) is 11.6 Å². The van der Waals surface area contributed by atoms with Gasteiger partial charge >= 0.3 is 0 Å². The van der Waals surface area contributed by atoms with Gasteiger partial charge in [0.25, 0.3) is 5.56 Å². The molecule has 0 amide bonds.